The molecule has 3 unspecified atom stereocenters. The molecular formula is C11H20O2. The van der Waals surface area contributed by atoms with E-state index < -0.39 is 0 Å². The van der Waals surface area contributed by atoms with Crippen LogP contribution in [0.15, 0.2) is 0 Å². The number of ether oxygens (including phenoxy) is 1. The van der Waals surface area contributed by atoms with Crippen LogP contribution in [0.25, 0.3) is 0 Å². The lowest BCUT2D eigenvalue weighted by Gasteiger charge is -2.50. The number of aliphatic hydroxyl groups excluding tert-OH is 1. The molecule has 0 aliphatic heterocycles. The van der Waals surface area contributed by atoms with Gasteiger partial charge in [0, 0.05) is 18.4 Å². The van der Waals surface area contributed by atoms with Gasteiger partial charge in [0.25, 0.3) is 0 Å². The van der Waals surface area contributed by atoms with Crippen LogP contribution in [-0.2, 0) is 4.74 Å². The quantitative estimate of drug-likeness (QED) is 0.723. The summed E-state index contributed by atoms with van der Waals surface area (Å²) in [5.74, 6) is 0.832. The minimum Gasteiger partial charge on any atom is -0.392 e. The summed E-state index contributed by atoms with van der Waals surface area (Å²) < 4.78 is 5.82. The van der Waals surface area contributed by atoms with E-state index >= 15 is 0 Å². The van der Waals surface area contributed by atoms with Gasteiger partial charge in [0.15, 0.2) is 0 Å². The lowest BCUT2D eigenvalue weighted by Crippen LogP contribution is -2.56. The monoisotopic (exact) mass is 184 g/mol. The molecule has 76 valence electrons. The number of hydrogen-bond donors (Lipinski definition) is 1. The van der Waals surface area contributed by atoms with Crippen LogP contribution in [0.3, 0.4) is 0 Å². The Bertz CT molecular complexity index is 189. The van der Waals surface area contributed by atoms with E-state index in [0.29, 0.717) is 6.10 Å². The average molecular weight is 184 g/mol. The van der Waals surface area contributed by atoms with Gasteiger partial charge in [-0.2, -0.15) is 0 Å². The van der Waals surface area contributed by atoms with Crippen LogP contribution in [0.2, 0.25) is 0 Å². The minimum atomic E-state index is -0.137. The van der Waals surface area contributed by atoms with Gasteiger partial charge >= 0.3 is 0 Å². The molecular weight excluding hydrogens is 164 g/mol. The number of hydrogen-bond acceptors (Lipinski definition) is 2. The molecule has 0 aromatic carbocycles. The third-order valence-corrected chi connectivity index (χ3v) is 3.93. The Labute approximate surface area is 80.3 Å². The number of aliphatic hydroxyl groups is 1. The minimum absolute atomic E-state index is 0.0366. The van der Waals surface area contributed by atoms with Gasteiger partial charge in [-0.3, -0.25) is 0 Å². The Morgan fingerprint density at radius 3 is 2.62 bits per heavy atom. The summed E-state index contributed by atoms with van der Waals surface area (Å²) in [6, 6.07) is 0. The summed E-state index contributed by atoms with van der Waals surface area (Å²) in [6.07, 6.45) is 4.73. The van der Waals surface area contributed by atoms with Crippen molar-refractivity contribution < 1.29 is 9.84 Å². The summed E-state index contributed by atoms with van der Waals surface area (Å²) in [7, 11) is 0. The van der Waals surface area contributed by atoms with Gasteiger partial charge in [-0.25, -0.2) is 0 Å². The Morgan fingerprint density at radius 1 is 1.46 bits per heavy atom. The van der Waals surface area contributed by atoms with E-state index in [1.807, 2.05) is 0 Å². The van der Waals surface area contributed by atoms with Gasteiger partial charge in [-0.05, 0) is 25.2 Å². The largest absolute Gasteiger partial charge is 0.392 e. The lowest BCUT2D eigenvalue weighted by molar-refractivity contribution is -0.186. The molecule has 2 fully saturated rings. The molecule has 0 aromatic heterocycles. The van der Waals surface area contributed by atoms with Crippen LogP contribution < -0.4 is 0 Å². The van der Waals surface area contributed by atoms with Crippen molar-refractivity contribution in [1.29, 1.82) is 0 Å². The summed E-state index contributed by atoms with van der Waals surface area (Å²) >= 11 is 0. The highest BCUT2D eigenvalue weighted by Gasteiger charge is 2.50. The molecule has 13 heavy (non-hydrogen) atoms. The van der Waals surface area contributed by atoms with E-state index in [9.17, 15) is 5.11 Å². The first-order valence-electron chi connectivity index (χ1n) is 5.46. The van der Waals surface area contributed by atoms with Crippen molar-refractivity contribution in [1.82, 2.24) is 0 Å². The number of rotatable bonds is 4. The predicted molar refractivity (Wildman–Crippen MR) is 51.5 cm³/mol. The van der Waals surface area contributed by atoms with Crippen molar-refractivity contribution in [3.63, 3.8) is 0 Å². The molecule has 2 nitrogen and oxygen atoms in total. The lowest BCUT2D eigenvalue weighted by atomic mass is 9.63. The molecule has 0 heterocycles. The SMILES string of the molecule is CCC1(C)C(O)CC1OCC1CC1. The molecule has 2 rings (SSSR count). The second kappa shape index (κ2) is 3.25. The van der Waals surface area contributed by atoms with Gasteiger partial charge < -0.3 is 9.84 Å². The molecule has 3 atom stereocenters. The highest BCUT2D eigenvalue weighted by molar-refractivity contribution is 5.00. The average Bonchev–Trinajstić information content (AvgIpc) is 2.94. The Hall–Kier alpha value is -0.0800. The first-order valence-corrected chi connectivity index (χ1v) is 5.46. The molecule has 0 radical (unpaired) electrons. The van der Waals surface area contributed by atoms with Crippen molar-refractivity contribution in [3.8, 4) is 0 Å². The topological polar surface area (TPSA) is 29.5 Å². The predicted octanol–water partition coefficient (Wildman–Crippen LogP) is 1.96. The molecule has 2 heteroatoms. The molecule has 2 saturated carbocycles. The zero-order valence-electron chi connectivity index (χ0n) is 8.62. The molecule has 0 bridgehead atoms. The van der Waals surface area contributed by atoms with Crippen LogP contribution in [0.5, 0.6) is 0 Å². The van der Waals surface area contributed by atoms with Crippen molar-refractivity contribution >= 4 is 0 Å². The second-order valence-corrected chi connectivity index (χ2v) is 4.88. The van der Waals surface area contributed by atoms with Crippen LogP contribution in [0.4, 0.5) is 0 Å². The summed E-state index contributed by atoms with van der Waals surface area (Å²) in [6.45, 7) is 5.20. The van der Waals surface area contributed by atoms with E-state index in [1.54, 1.807) is 0 Å². The van der Waals surface area contributed by atoms with Crippen molar-refractivity contribution in [2.24, 2.45) is 11.3 Å². The highest BCUT2D eigenvalue weighted by atomic mass is 16.5. The van der Waals surface area contributed by atoms with Crippen LogP contribution >= 0.6 is 0 Å². The van der Waals surface area contributed by atoms with E-state index in [1.165, 1.54) is 12.8 Å². The van der Waals surface area contributed by atoms with Gasteiger partial charge in [-0.1, -0.05) is 13.8 Å². The Balaban J connectivity index is 1.79. The van der Waals surface area contributed by atoms with Crippen molar-refractivity contribution in [3.05, 3.63) is 0 Å². The van der Waals surface area contributed by atoms with Crippen molar-refractivity contribution in [2.75, 3.05) is 6.61 Å². The first-order chi connectivity index (χ1) is 6.16. The first kappa shape index (κ1) is 9.47. The van der Waals surface area contributed by atoms with Crippen LogP contribution in [-0.4, -0.2) is 23.9 Å². The van der Waals surface area contributed by atoms with Gasteiger partial charge in [0.05, 0.1) is 12.2 Å². The molecule has 0 spiro atoms. The van der Waals surface area contributed by atoms with E-state index in [-0.39, 0.29) is 11.5 Å². The summed E-state index contributed by atoms with van der Waals surface area (Å²) in [5.41, 5.74) is 0.0366. The molecule has 2 aliphatic rings. The van der Waals surface area contributed by atoms with E-state index in [4.69, 9.17) is 4.74 Å². The molecule has 1 N–H and O–H groups in total. The van der Waals surface area contributed by atoms with Gasteiger partial charge in [-0.15, -0.1) is 0 Å². The third kappa shape index (κ3) is 1.62. The van der Waals surface area contributed by atoms with E-state index in [0.717, 1.165) is 25.4 Å². The van der Waals surface area contributed by atoms with Crippen LogP contribution in [0.1, 0.15) is 39.5 Å². The smallest absolute Gasteiger partial charge is 0.0678 e. The fourth-order valence-corrected chi connectivity index (χ4v) is 2.05. The normalized spacial score (nSPS) is 44.5. The second-order valence-electron chi connectivity index (χ2n) is 4.88. The third-order valence-electron chi connectivity index (χ3n) is 3.93. The standard InChI is InChI=1S/C11H20O2/c1-3-11(2)9(12)6-10(11)13-7-8-4-5-8/h8-10,12H,3-7H2,1-2H3. The molecule has 0 aromatic rings. The Morgan fingerprint density at radius 2 is 2.15 bits per heavy atom. The zero-order valence-corrected chi connectivity index (χ0v) is 8.62. The molecule has 2 aliphatic carbocycles. The highest BCUT2D eigenvalue weighted by Crippen LogP contribution is 2.46. The zero-order chi connectivity index (χ0) is 9.47. The van der Waals surface area contributed by atoms with E-state index in [2.05, 4.69) is 13.8 Å². The maximum Gasteiger partial charge on any atom is 0.0678 e. The molecule has 0 amide bonds. The van der Waals surface area contributed by atoms with Gasteiger partial charge in [0.1, 0.15) is 0 Å². The summed E-state index contributed by atoms with van der Waals surface area (Å²) in [4.78, 5) is 0. The maximum absolute atomic E-state index is 9.64. The fraction of sp³-hybridized carbons (Fsp3) is 1.00. The molecule has 0 saturated heterocycles. The summed E-state index contributed by atoms with van der Waals surface area (Å²) in [5, 5.41) is 9.64. The fourth-order valence-electron chi connectivity index (χ4n) is 2.05. The van der Waals surface area contributed by atoms with Gasteiger partial charge in [0.2, 0.25) is 0 Å². The van der Waals surface area contributed by atoms with Crippen molar-refractivity contribution in [2.45, 2.75) is 51.7 Å². The maximum atomic E-state index is 9.64. The Kier molecular flexibility index (Phi) is 2.37. The van der Waals surface area contributed by atoms with Crippen LogP contribution in [0, 0.1) is 11.3 Å².